The minimum atomic E-state index is 0.0821. The summed E-state index contributed by atoms with van der Waals surface area (Å²) in [5.41, 5.74) is 1.04. The second-order valence-corrected chi connectivity index (χ2v) is 8.75. The fraction of sp³-hybridized carbons (Fsp3) is 0.522. The molecule has 1 fully saturated rings. The number of amides is 1. The van der Waals surface area contributed by atoms with Crippen LogP contribution >= 0.6 is 11.3 Å². The van der Waals surface area contributed by atoms with Crippen LogP contribution in [0.3, 0.4) is 0 Å². The summed E-state index contributed by atoms with van der Waals surface area (Å²) >= 11 is 1.77. The average molecular weight is 417 g/mol. The molecule has 1 aromatic carbocycles. The number of carbonyl (C=O) groups is 1. The molecule has 0 aliphatic carbocycles. The number of ether oxygens (including phenoxy) is 2. The van der Waals surface area contributed by atoms with Gasteiger partial charge in [-0.3, -0.25) is 9.69 Å². The minimum Gasteiger partial charge on any atom is -0.497 e. The quantitative estimate of drug-likeness (QED) is 0.663. The molecule has 0 radical (unpaired) electrons. The average Bonchev–Trinajstić information content (AvgIpc) is 3.28. The first-order valence-corrected chi connectivity index (χ1v) is 11.2. The van der Waals surface area contributed by atoms with Gasteiger partial charge in [0.1, 0.15) is 11.5 Å². The van der Waals surface area contributed by atoms with Crippen molar-refractivity contribution in [2.75, 3.05) is 33.9 Å². The first kappa shape index (κ1) is 21.7. The van der Waals surface area contributed by atoms with Gasteiger partial charge in [0.05, 0.1) is 20.3 Å². The normalized spacial score (nSPS) is 16.4. The Kier molecular flexibility index (Phi) is 7.95. The number of piperidine rings is 1. The van der Waals surface area contributed by atoms with E-state index in [1.54, 1.807) is 25.6 Å². The van der Waals surface area contributed by atoms with Crippen molar-refractivity contribution in [3.8, 4) is 11.5 Å². The molecule has 1 saturated heterocycles. The predicted molar refractivity (Wildman–Crippen MR) is 118 cm³/mol. The van der Waals surface area contributed by atoms with Crippen LogP contribution in [0.5, 0.6) is 11.5 Å². The maximum Gasteiger partial charge on any atom is 0.220 e. The molecule has 1 atom stereocenters. The molecule has 6 heteroatoms. The fourth-order valence-corrected chi connectivity index (χ4v) is 4.66. The molecular weight excluding hydrogens is 384 g/mol. The number of methoxy groups -OCH3 is 2. The highest BCUT2D eigenvalue weighted by molar-refractivity contribution is 7.10. The fourth-order valence-electron chi connectivity index (χ4n) is 3.80. The van der Waals surface area contributed by atoms with Gasteiger partial charge in [-0.15, -0.1) is 11.3 Å². The number of hydrogen-bond donors (Lipinski definition) is 1. The molecule has 1 aliphatic rings. The van der Waals surface area contributed by atoms with Crippen molar-refractivity contribution in [2.24, 2.45) is 5.92 Å². The van der Waals surface area contributed by atoms with Crippen molar-refractivity contribution in [1.82, 2.24) is 10.2 Å². The van der Waals surface area contributed by atoms with E-state index in [1.807, 2.05) is 18.2 Å². The molecule has 1 aliphatic heterocycles. The zero-order valence-electron chi connectivity index (χ0n) is 17.6. The van der Waals surface area contributed by atoms with E-state index in [-0.39, 0.29) is 11.9 Å². The minimum absolute atomic E-state index is 0.0821. The van der Waals surface area contributed by atoms with E-state index in [4.69, 9.17) is 9.47 Å². The van der Waals surface area contributed by atoms with E-state index in [1.165, 1.54) is 17.7 Å². The van der Waals surface area contributed by atoms with Crippen molar-refractivity contribution in [1.29, 1.82) is 0 Å². The van der Waals surface area contributed by atoms with Gasteiger partial charge in [-0.2, -0.15) is 0 Å². The Morgan fingerprint density at radius 3 is 2.48 bits per heavy atom. The summed E-state index contributed by atoms with van der Waals surface area (Å²) < 4.78 is 10.6. The number of thiophene rings is 1. The van der Waals surface area contributed by atoms with Crippen LogP contribution in [0.15, 0.2) is 35.7 Å². The largest absolute Gasteiger partial charge is 0.497 e. The van der Waals surface area contributed by atoms with Crippen LogP contribution < -0.4 is 14.8 Å². The third kappa shape index (κ3) is 6.21. The van der Waals surface area contributed by atoms with E-state index in [2.05, 4.69) is 34.7 Å². The number of nitrogens with one attached hydrogen (secondary N) is 1. The third-order valence-electron chi connectivity index (χ3n) is 5.68. The second kappa shape index (κ2) is 10.6. The Morgan fingerprint density at radius 2 is 1.90 bits per heavy atom. The van der Waals surface area contributed by atoms with E-state index in [0.29, 0.717) is 19.4 Å². The summed E-state index contributed by atoms with van der Waals surface area (Å²) in [6.07, 6.45) is 3.57. The van der Waals surface area contributed by atoms with Crippen LogP contribution in [0.1, 0.15) is 42.7 Å². The SMILES string of the molecule is COc1cc(CCC(=O)NCC(c2cccs2)N2CCC(C)CC2)cc(OC)c1. The molecule has 158 valence electrons. The Morgan fingerprint density at radius 1 is 1.21 bits per heavy atom. The lowest BCUT2D eigenvalue weighted by molar-refractivity contribution is -0.121. The Balaban J connectivity index is 1.55. The monoisotopic (exact) mass is 416 g/mol. The van der Waals surface area contributed by atoms with Gasteiger partial charge < -0.3 is 14.8 Å². The summed E-state index contributed by atoms with van der Waals surface area (Å²) in [5.74, 6) is 2.37. The lowest BCUT2D eigenvalue weighted by atomic mass is 9.97. The van der Waals surface area contributed by atoms with Gasteiger partial charge in [0.15, 0.2) is 0 Å². The van der Waals surface area contributed by atoms with Crippen LogP contribution in [0.2, 0.25) is 0 Å². The second-order valence-electron chi connectivity index (χ2n) is 7.77. The summed E-state index contributed by atoms with van der Waals surface area (Å²) in [7, 11) is 3.27. The lowest BCUT2D eigenvalue weighted by Crippen LogP contribution is -2.41. The van der Waals surface area contributed by atoms with E-state index >= 15 is 0 Å². The highest BCUT2D eigenvalue weighted by atomic mass is 32.1. The Bertz CT molecular complexity index is 748. The third-order valence-corrected chi connectivity index (χ3v) is 6.65. The number of aryl methyl sites for hydroxylation is 1. The van der Waals surface area contributed by atoms with E-state index in [9.17, 15) is 4.79 Å². The molecule has 3 rings (SSSR count). The molecule has 0 spiro atoms. The molecule has 2 heterocycles. The highest BCUT2D eigenvalue weighted by Crippen LogP contribution is 2.29. The van der Waals surface area contributed by atoms with Crippen molar-refractivity contribution < 1.29 is 14.3 Å². The van der Waals surface area contributed by atoms with Gasteiger partial charge >= 0.3 is 0 Å². The highest BCUT2D eigenvalue weighted by Gasteiger charge is 2.25. The van der Waals surface area contributed by atoms with Gasteiger partial charge in [-0.05, 0) is 67.4 Å². The van der Waals surface area contributed by atoms with Crippen LogP contribution in [0.25, 0.3) is 0 Å². The summed E-state index contributed by atoms with van der Waals surface area (Å²) in [4.78, 5) is 16.4. The van der Waals surface area contributed by atoms with Gasteiger partial charge in [0.25, 0.3) is 0 Å². The predicted octanol–water partition coefficient (Wildman–Crippen LogP) is 4.29. The van der Waals surface area contributed by atoms with Gasteiger partial charge in [0.2, 0.25) is 5.91 Å². The lowest BCUT2D eigenvalue weighted by Gasteiger charge is -2.36. The maximum absolute atomic E-state index is 12.5. The van der Waals surface area contributed by atoms with Gasteiger partial charge in [-0.1, -0.05) is 13.0 Å². The Hall–Kier alpha value is -2.05. The molecule has 1 amide bonds. The standard InChI is InChI=1S/C23H32N2O3S/c1-17-8-10-25(11-9-17)21(22-5-4-12-29-22)16-24-23(26)7-6-18-13-19(27-2)15-20(14-18)28-3/h4-5,12-15,17,21H,6-11,16H2,1-3H3,(H,24,26). The van der Waals surface area contributed by atoms with Crippen molar-refractivity contribution in [2.45, 2.75) is 38.6 Å². The summed E-state index contributed by atoms with van der Waals surface area (Å²) in [5, 5.41) is 5.29. The van der Waals surface area contributed by atoms with Crippen LogP contribution in [-0.2, 0) is 11.2 Å². The summed E-state index contributed by atoms with van der Waals surface area (Å²) in [6, 6.07) is 10.3. The molecule has 1 unspecified atom stereocenters. The Labute approximate surface area is 178 Å². The summed E-state index contributed by atoms with van der Waals surface area (Å²) in [6.45, 7) is 5.19. The van der Waals surface area contributed by atoms with Crippen molar-refractivity contribution >= 4 is 17.2 Å². The first-order chi connectivity index (χ1) is 14.1. The van der Waals surface area contributed by atoms with Gasteiger partial charge in [-0.25, -0.2) is 0 Å². The van der Waals surface area contributed by atoms with Crippen molar-refractivity contribution in [3.63, 3.8) is 0 Å². The molecular formula is C23H32N2O3S. The number of nitrogens with zero attached hydrogens (tertiary/aromatic N) is 1. The smallest absolute Gasteiger partial charge is 0.220 e. The molecule has 1 aromatic heterocycles. The number of hydrogen-bond acceptors (Lipinski definition) is 5. The first-order valence-electron chi connectivity index (χ1n) is 10.3. The molecule has 29 heavy (non-hydrogen) atoms. The molecule has 0 saturated carbocycles. The molecule has 1 N–H and O–H groups in total. The molecule has 2 aromatic rings. The maximum atomic E-state index is 12.5. The number of benzene rings is 1. The van der Waals surface area contributed by atoms with E-state index < -0.39 is 0 Å². The van der Waals surface area contributed by atoms with Crippen molar-refractivity contribution in [3.05, 3.63) is 46.2 Å². The molecule has 5 nitrogen and oxygen atoms in total. The van der Waals surface area contributed by atoms with E-state index in [0.717, 1.165) is 36.1 Å². The van der Waals surface area contributed by atoms with Crippen LogP contribution in [-0.4, -0.2) is 44.7 Å². The zero-order valence-corrected chi connectivity index (χ0v) is 18.5. The number of carbonyl (C=O) groups excluding carboxylic acids is 1. The zero-order chi connectivity index (χ0) is 20.6. The van der Waals surface area contributed by atoms with Crippen LogP contribution in [0, 0.1) is 5.92 Å². The molecule has 0 bridgehead atoms. The number of likely N-dealkylation sites (tertiary alicyclic amines) is 1. The van der Waals surface area contributed by atoms with Gasteiger partial charge in [0, 0.05) is 23.9 Å². The van der Waals surface area contributed by atoms with Crippen LogP contribution in [0.4, 0.5) is 0 Å². The number of rotatable bonds is 9. The topological polar surface area (TPSA) is 50.8 Å².